The van der Waals surface area contributed by atoms with Crippen molar-refractivity contribution in [3.63, 3.8) is 0 Å². The van der Waals surface area contributed by atoms with Crippen LogP contribution in [0, 0.1) is 0 Å². The van der Waals surface area contributed by atoms with E-state index in [9.17, 15) is 9.00 Å². The number of carbonyl (C=O) groups excluding carboxylic acids is 1. The van der Waals surface area contributed by atoms with Gasteiger partial charge in [0.25, 0.3) is 0 Å². The predicted molar refractivity (Wildman–Crippen MR) is 104 cm³/mol. The fraction of sp³-hybridized carbons (Fsp3) is 0.947. The highest BCUT2D eigenvalue weighted by Crippen LogP contribution is 2.10. The summed E-state index contributed by atoms with van der Waals surface area (Å²) in [5.41, 5.74) is 0. The van der Waals surface area contributed by atoms with Gasteiger partial charge in [0.1, 0.15) is 0 Å². The lowest BCUT2D eigenvalue weighted by atomic mass is 10.1. The largest absolute Gasteiger partial charge is 0.343 e. The molecule has 0 aromatic heterocycles. The Balaban J connectivity index is 4.03. The van der Waals surface area contributed by atoms with Crippen LogP contribution in [0.1, 0.15) is 97.3 Å². The standard InChI is InChI=1S/C19H39NO3S/c1-3-5-7-9-11-13-16-20(19(21)15-18-24(22)23)17-14-12-10-8-6-4-2/h3-18H2,1-2H3,(H,22,23). The van der Waals surface area contributed by atoms with Gasteiger partial charge in [0.15, 0.2) is 11.1 Å². The third-order valence-electron chi connectivity index (χ3n) is 4.41. The van der Waals surface area contributed by atoms with Crippen LogP contribution in [0.5, 0.6) is 0 Å². The molecule has 144 valence electrons. The van der Waals surface area contributed by atoms with Crippen LogP contribution in [0.2, 0.25) is 0 Å². The molecular weight excluding hydrogens is 322 g/mol. The van der Waals surface area contributed by atoms with Gasteiger partial charge in [-0.25, -0.2) is 4.21 Å². The Labute approximate surface area is 152 Å². The Morgan fingerprint density at radius 1 is 0.792 bits per heavy atom. The Hall–Kier alpha value is -0.420. The van der Waals surface area contributed by atoms with Gasteiger partial charge in [0.05, 0.1) is 5.75 Å². The highest BCUT2D eigenvalue weighted by Gasteiger charge is 2.13. The molecule has 0 spiro atoms. The van der Waals surface area contributed by atoms with E-state index in [0.29, 0.717) is 0 Å². The maximum absolute atomic E-state index is 12.3. The molecule has 0 aliphatic heterocycles. The van der Waals surface area contributed by atoms with E-state index in [1.165, 1.54) is 64.2 Å². The molecule has 1 amide bonds. The van der Waals surface area contributed by atoms with Crippen LogP contribution >= 0.6 is 0 Å². The molecule has 4 nitrogen and oxygen atoms in total. The molecule has 1 atom stereocenters. The Morgan fingerprint density at radius 2 is 1.21 bits per heavy atom. The monoisotopic (exact) mass is 361 g/mol. The maximum Gasteiger partial charge on any atom is 0.223 e. The molecular formula is C19H39NO3S. The molecule has 1 unspecified atom stereocenters. The van der Waals surface area contributed by atoms with Gasteiger partial charge in [-0.05, 0) is 12.8 Å². The van der Waals surface area contributed by atoms with Crippen LogP contribution in [0.3, 0.4) is 0 Å². The molecule has 0 fully saturated rings. The van der Waals surface area contributed by atoms with Crippen molar-refractivity contribution >= 4 is 17.0 Å². The molecule has 24 heavy (non-hydrogen) atoms. The van der Waals surface area contributed by atoms with E-state index >= 15 is 0 Å². The first-order valence-electron chi connectivity index (χ1n) is 9.97. The summed E-state index contributed by atoms with van der Waals surface area (Å²) in [6, 6.07) is 0. The Kier molecular flexibility index (Phi) is 17.1. The molecule has 0 saturated carbocycles. The van der Waals surface area contributed by atoms with Gasteiger partial charge < -0.3 is 9.45 Å². The highest BCUT2D eigenvalue weighted by atomic mass is 32.2. The van der Waals surface area contributed by atoms with Crippen LogP contribution in [-0.2, 0) is 15.9 Å². The number of hydrogen-bond donors (Lipinski definition) is 1. The minimum absolute atomic E-state index is 0.0412. The number of carbonyl (C=O) groups is 1. The molecule has 0 rings (SSSR count). The highest BCUT2D eigenvalue weighted by molar-refractivity contribution is 7.79. The van der Waals surface area contributed by atoms with Crippen molar-refractivity contribution in [1.29, 1.82) is 0 Å². The van der Waals surface area contributed by atoms with Gasteiger partial charge in [0.2, 0.25) is 5.91 Å². The second-order valence-corrected chi connectivity index (χ2v) is 7.74. The molecule has 5 heteroatoms. The van der Waals surface area contributed by atoms with Gasteiger partial charge in [-0.1, -0.05) is 78.1 Å². The van der Waals surface area contributed by atoms with Crippen molar-refractivity contribution in [3.8, 4) is 0 Å². The molecule has 0 aliphatic carbocycles. The van der Waals surface area contributed by atoms with Crippen molar-refractivity contribution in [1.82, 2.24) is 4.90 Å². The lowest BCUT2D eigenvalue weighted by molar-refractivity contribution is -0.131. The van der Waals surface area contributed by atoms with E-state index in [2.05, 4.69) is 13.8 Å². The van der Waals surface area contributed by atoms with Crippen LogP contribution in [0.15, 0.2) is 0 Å². The van der Waals surface area contributed by atoms with Crippen LogP contribution < -0.4 is 0 Å². The minimum Gasteiger partial charge on any atom is -0.343 e. The van der Waals surface area contributed by atoms with Gasteiger partial charge in [-0.15, -0.1) is 0 Å². The zero-order valence-corrected chi connectivity index (χ0v) is 16.7. The average Bonchev–Trinajstić information content (AvgIpc) is 2.56. The van der Waals surface area contributed by atoms with Gasteiger partial charge >= 0.3 is 0 Å². The van der Waals surface area contributed by atoms with Gasteiger partial charge in [0, 0.05) is 19.5 Å². The van der Waals surface area contributed by atoms with Crippen molar-refractivity contribution in [2.45, 2.75) is 97.3 Å². The van der Waals surface area contributed by atoms with E-state index in [1.54, 1.807) is 0 Å². The molecule has 0 saturated heterocycles. The SMILES string of the molecule is CCCCCCCCN(CCCCCCCC)C(=O)CCS(=O)O. The summed E-state index contributed by atoms with van der Waals surface area (Å²) in [6.45, 7) is 6.04. The number of nitrogens with zero attached hydrogens (tertiary/aromatic N) is 1. The molecule has 0 radical (unpaired) electrons. The summed E-state index contributed by atoms with van der Waals surface area (Å²) in [5.74, 6) is 0.0991. The summed E-state index contributed by atoms with van der Waals surface area (Å²) < 4.78 is 19.7. The molecule has 0 heterocycles. The molecule has 1 N–H and O–H groups in total. The zero-order valence-electron chi connectivity index (χ0n) is 15.9. The zero-order chi connectivity index (χ0) is 18.0. The summed E-state index contributed by atoms with van der Waals surface area (Å²) in [7, 11) is 0. The first kappa shape index (κ1) is 23.6. The first-order chi connectivity index (χ1) is 11.6. The summed E-state index contributed by atoms with van der Waals surface area (Å²) in [4.78, 5) is 14.2. The van der Waals surface area contributed by atoms with Crippen LogP contribution in [0.4, 0.5) is 0 Å². The lowest BCUT2D eigenvalue weighted by Gasteiger charge is -2.22. The number of amides is 1. The van der Waals surface area contributed by atoms with E-state index < -0.39 is 11.1 Å². The quantitative estimate of drug-likeness (QED) is 0.288. The summed E-state index contributed by atoms with van der Waals surface area (Å²) >= 11 is -1.87. The van der Waals surface area contributed by atoms with Crippen molar-refractivity contribution < 1.29 is 13.6 Å². The van der Waals surface area contributed by atoms with E-state index in [-0.39, 0.29) is 18.1 Å². The topological polar surface area (TPSA) is 57.6 Å². The third kappa shape index (κ3) is 15.1. The van der Waals surface area contributed by atoms with E-state index in [1.807, 2.05) is 4.90 Å². The molecule has 0 aromatic carbocycles. The normalized spacial score (nSPS) is 12.3. The summed E-state index contributed by atoms with van der Waals surface area (Å²) in [5, 5.41) is 0. The predicted octanol–water partition coefficient (Wildman–Crippen LogP) is 5.15. The molecule has 0 aromatic rings. The second-order valence-electron chi connectivity index (χ2n) is 6.69. The average molecular weight is 362 g/mol. The van der Waals surface area contributed by atoms with Gasteiger partial charge in [-0.3, -0.25) is 4.79 Å². The van der Waals surface area contributed by atoms with Crippen LogP contribution in [-0.4, -0.2) is 38.4 Å². The van der Waals surface area contributed by atoms with Crippen molar-refractivity contribution in [2.24, 2.45) is 0 Å². The Bertz CT molecular complexity index is 308. The van der Waals surface area contributed by atoms with Crippen molar-refractivity contribution in [2.75, 3.05) is 18.8 Å². The van der Waals surface area contributed by atoms with Crippen LogP contribution in [0.25, 0.3) is 0 Å². The number of rotatable bonds is 17. The Morgan fingerprint density at radius 3 is 1.62 bits per heavy atom. The maximum atomic E-state index is 12.3. The smallest absolute Gasteiger partial charge is 0.223 e. The van der Waals surface area contributed by atoms with Gasteiger partial charge in [-0.2, -0.15) is 0 Å². The minimum atomic E-state index is -1.87. The van der Waals surface area contributed by atoms with Crippen molar-refractivity contribution in [3.05, 3.63) is 0 Å². The fourth-order valence-electron chi connectivity index (χ4n) is 2.86. The lowest BCUT2D eigenvalue weighted by Crippen LogP contribution is -2.33. The molecule has 0 bridgehead atoms. The second kappa shape index (κ2) is 17.4. The first-order valence-corrected chi connectivity index (χ1v) is 11.2. The third-order valence-corrected chi connectivity index (χ3v) is 4.96. The fourth-order valence-corrected chi connectivity index (χ4v) is 3.21. The number of unbranched alkanes of at least 4 members (excludes halogenated alkanes) is 10. The number of hydrogen-bond acceptors (Lipinski definition) is 2. The summed E-state index contributed by atoms with van der Waals surface area (Å²) in [6.07, 6.45) is 14.8. The molecule has 0 aliphatic rings. The van der Waals surface area contributed by atoms with E-state index in [4.69, 9.17) is 4.55 Å². The van der Waals surface area contributed by atoms with E-state index in [0.717, 1.165) is 25.9 Å².